The first-order valence-electron chi connectivity index (χ1n) is 7.49. The maximum absolute atomic E-state index is 12.1. The fraction of sp³-hybridized carbons (Fsp3) is 0.250. The van der Waals surface area contributed by atoms with Crippen molar-refractivity contribution in [2.75, 3.05) is 11.1 Å². The van der Waals surface area contributed by atoms with E-state index >= 15 is 0 Å². The van der Waals surface area contributed by atoms with Crippen LogP contribution in [0.1, 0.15) is 11.8 Å². The van der Waals surface area contributed by atoms with Crippen molar-refractivity contribution in [2.24, 2.45) is 5.14 Å². The number of sulfonamides is 1. The Kier molecular flexibility index (Phi) is 7.21. The van der Waals surface area contributed by atoms with Crippen LogP contribution in [0.5, 0.6) is 0 Å². The molecule has 1 heterocycles. The maximum atomic E-state index is 12.1. The molecule has 0 saturated carbocycles. The van der Waals surface area contributed by atoms with E-state index in [1.807, 2.05) is 17.5 Å². The zero-order valence-corrected chi connectivity index (χ0v) is 16.3. The summed E-state index contributed by atoms with van der Waals surface area (Å²) in [5.74, 6) is -0.218. The van der Waals surface area contributed by atoms with Crippen molar-refractivity contribution in [3.05, 3.63) is 46.7 Å². The number of primary sulfonamides is 1. The predicted molar refractivity (Wildman–Crippen MR) is 102 cm³/mol. The van der Waals surface area contributed by atoms with Crippen LogP contribution in [-0.2, 0) is 30.1 Å². The summed E-state index contributed by atoms with van der Waals surface area (Å²) in [7, 11) is -3.87. The molecule has 0 aliphatic heterocycles. The lowest BCUT2D eigenvalue weighted by molar-refractivity contribution is -0.150. The number of hydrogen-bond acceptors (Lipinski definition) is 7. The van der Waals surface area contributed by atoms with Crippen molar-refractivity contribution in [2.45, 2.75) is 23.7 Å². The van der Waals surface area contributed by atoms with Gasteiger partial charge in [-0.25, -0.2) is 13.6 Å². The number of thiophene rings is 1. The summed E-state index contributed by atoms with van der Waals surface area (Å²) in [5, 5.41) is 9.51. The van der Waals surface area contributed by atoms with Gasteiger partial charge in [-0.3, -0.25) is 9.59 Å². The monoisotopic (exact) mass is 414 g/mol. The molecule has 0 spiro atoms. The molecule has 0 aliphatic rings. The van der Waals surface area contributed by atoms with Gasteiger partial charge < -0.3 is 10.1 Å². The standard InChI is InChI=1S/C16H18N2O5S3/c1-11(23-15(19)10-24-9-13-5-3-7-25-13)16(20)18-12-4-2-6-14(8-12)26(17,21)22/h2-8,11H,9-10H2,1H3,(H,18,20)(H2,17,21,22)/t11-/m0/s1. The Morgan fingerprint density at radius 3 is 2.73 bits per heavy atom. The minimum atomic E-state index is -3.87. The SMILES string of the molecule is C[C@H](OC(=O)CSCc1cccs1)C(=O)Nc1cccc(S(N)(=O)=O)c1. The van der Waals surface area contributed by atoms with Crippen molar-refractivity contribution < 1.29 is 22.7 Å². The third-order valence-electron chi connectivity index (χ3n) is 3.15. The third-order valence-corrected chi connectivity index (χ3v) is 6.08. The van der Waals surface area contributed by atoms with E-state index in [1.54, 1.807) is 11.3 Å². The Morgan fingerprint density at radius 2 is 2.08 bits per heavy atom. The van der Waals surface area contributed by atoms with Crippen molar-refractivity contribution in [1.29, 1.82) is 0 Å². The zero-order chi connectivity index (χ0) is 19.2. The van der Waals surface area contributed by atoms with Crippen LogP contribution in [0.15, 0.2) is 46.7 Å². The molecule has 0 unspecified atom stereocenters. The molecule has 3 N–H and O–H groups in total. The van der Waals surface area contributed by atoms with Crippen LogP contribution >= 0.6 is 23.1 Å². The lowest BCUT2D eigenvalue weighted by Gasteiger charge is -2.13. The Bertz CT molecular complexity index is 866. The number of carbonyl (C=O) groups excluding carboxylic acids is 2. The van der Waals surface area contributed by atoms with Crippen molar-refractivity contribution in [3.63, 3.8) is 0 Å². The van der Waals surface area contributed by atoms with Gasteiger partial charge in [0.05, 0.1) is 10.6 Å². The van der Waals surface area contributed by atoms with Gasteiger partial charge in [0, 0.05) is 16.3 Å². The summed E-state index contributed by atoms with van der Waals surface area (Å²) < 4.78 is 27.7. The number of benzene rings is 1. The largest absolute Gasteiger partial charge is 0.452 e. The quantitative estimate of drug-likeness (QED) is 0.640. The van der Waals surface area contributed by atoms with Gasteiger partial charge in [0.2, 0.25) is 10.0 Å². The highest BCUT2D eigenvalue weighted by molar-refractivity contribution is 7.99. The van der Waals surface area contributed by atoms with Crippen molar-refractivity contribution >= 4 is 50.7 Å². The summed E-state index contributed by atoms with van der Waals surface area (Å²) >= 11 is 3.01. The predicted octanol–water partition coefficient (Wildman–Crippen LogP) is 2.20. The first kappa shape index (κ1) is 20.4. The molecule has 0 saturated heterocycles. The second-order valence-electron chi connectivity index (χ2n) is 5.27. The molecular weight excluding hydrogens is 396 g/mol. The number of thioether (sulfide) groups is 1. The number of anilines is 1. The number of esters is 1. The normalized spacial score (nSPS) is 12.4. The summed E-state index contributed by atoms with van der Waals surface area (Å²) in [6.45, 7) is 1.45. The number of carbonyl (C=O) groups is 2. The highest BCUT2D eigenvalue weighted by Gasteiger charge is 2.18. The molecule has 7 nitrogen and oxygen atoms in total. The van der Waals surface area contributed by atoms with Gasteiger partial charge in [-0.05, 0) is 36.6 Å². The molecule has 0 aliphatic carbocycles. The second kappa shape index (κ2) is 9.17. The Balaban J connectivity index is 1.82. The number of rotatable bonds is 8. The van der Waals surface area contributed by atoms with Gasteiger partial charge in [-0.1, -0.05) is 12.1 Å². The average molecular weight is 415 g/mol. The molecule has 1 atom stereocenters. The fourth-order valence-corrected chi connectivity index (χ4v) is 4.11. The molecule has 0 radical (unpaired) electrons. The molecule has 2 rings (SSSR count). The number of nitrogens with two attached hydrogens (primary N) is 1. The molecule has 10 heteroatoms. The lowest BCUT2D eigenvalue weighted by Crippen LogP contribution is -2.30. The van der Waals surface area contributed by atoms with Gasteiger partial charge in [-0.15, -0.1) is 23.1 Å². The van der Waals surface area contributed by atoms with Gasteiger partial charge in [0.25, 0.3) is 5.91 Å². The van der Waals surface area contributed by atoms with Crippen LogP contribution in [0.2, 0.25) is 0 Å². The van der Waals surface area contributed by atoms with Crippen molar-refractivity contribution in [3.8, 4) is 0 Å². The smallest absolute Gasteiger partial charge is 0.316 e. The number of amides is 1. The van der Waals surface area contributed by atoms with Gasteiger partial charge in [0.15, 0.2) is 6.10 Å². The summed E-state index contributed by atoms with van der Waals surface area (Å²) in [4.78, 5) is 24.9. The fourth-order valence-electron chi connectivity index (χ4n) is 1.91. The molecule has 0 fully saturated rings. The number of hydrogen-bond donors (Lipinski definition) is 2. The Morgan fingerprint density at radius 1 is 1.31 bits per heavy atom. The van der Waals surface area contributed by atoms with E-state index in [2.05, 4.69) is 5.32 Å². The van der Waals surface area contributed by atoms with E-state index in [1.165, 1.54) is 43.0 Å². The molecular formula is C16H18N2O5S3. The molecule has 2 aromatic rings. The van der Waals surface area contributed by atoms with Crippen LogP contribution in [0, 0.1) is 0 Å². The summed E-state index contributed by atoms with van der Waals surface area (Å²) in [6, 6.07) is 9.44. The molecule has 140 valence electrons. The van der Waals surface area contributed by atoms with Crippen LogP contribution < -0.4 is 10.5 Å². The first-order chi connectivity index (χ1) is 12.3. The van der Waals surface area contributed by atoms with E-state index in [-0.39, 0.29) is 16.3 Å². The number of ether oxygens (including phenoxy) is 1. The Labute approximate surface area is 160 Å². The van der Waals surface area contributed by atoms with E-state index in [9.17, 15) is 18.0 Å². The van der Waals surface area contributed by atoms with Crippen molar-refractivity contribution in [1.82, 2.24) is 0 Å². The highest BCUT2D eigenvalue weighted by atomic mass is 32.2. The van der Waals surface area contributed by atoms with Gasteiger partial charge in [0.1, 0.15) is 0 Å². The average Bonchev–Trinajstić information content (AvgIpc) is 3.07. The van der Waals surface area contributed by atoms with Crippen LogP contribution in [-0.4, -0.2) is 32.2 Å². The van der Waals surface area contributed by atoms with E-state index in [0.29, 0.717) is 5.75 Å². The molecule has 0 bridgehead atoms. The second-order valence-corrected chi connectivity index (χ2v) is 8.85. The number of nitrogens with one attached hydrogen (secondary N) is 1. The summed E-state index contributed by atoms with van der Waals surface area (Å²) in [5.41, 5.74) is 0.247. The molecule has 1 aromatic heterocycles. The minimum absolute atomic E-state index is 0.120. The minimum Gasteiger partial charge on any atom is -0.452 e. The molecule has 1 aromatic carbocycles. The van der Waals surface area contributed by atoms with E-state index in [0.717, 1.165) is 4.88 Å². The summed E-state index contributed by atoms with van der Waals surface area (Å²) in [6.07, 6.45) is -1.01. The maximum Gasteiger partial charge on any atom is 0.316 e. The van der Waals surface area contributed by atoms with Crippen LogP contribution in [0.4, 0.5) is 5.69 Å². The van der Waals surface area contributed by atoms with E-state index < -0.39 is 28.0 Å². The highest BCUT2D eigenvalue weighted by Crippen LogP contribution is 2.18. The van der Waals surface area contributed by atoms with Gasteiger partial charge >= 0.3 is 5.97 Å². The first-order valence-corrected chi connectivity index (χ1v) is 11.1. The Hall–Kier alpha value is -1.88. The van der Waals surface area contributed by atoms with Crippen LogP contribution in [0.25, 0.3) is 0 Å². The van der Waals surface area contributed by atoms with E-state index in [4.69, 9.17) is 9.88 Å². The zero-order valence-electron chi connectivity index (χ0n) is 13.9. The topological polar surface area (TPSA) is 116 Å². The van der Waals surface area contributed by atoms with Crippen LogP contribution in [0.3, 0.4) is 0 Å². The van der Waals surface area contributed by atoms with Gasteiger partial charge in [-0.2, -0.15) is 0 Å². The molecule has 1 amide bonds. The lowest BCUT2D eigenvalue weighted by atomic mass is 10.3. The third kappa shape index (κ3) is 6.45. The molecule has 26 heavy (non-hydrogen) atoms.